The van der Waals surface area contributed by atoms with Crippen molar-refractivity contribution in [3.63, 3.8) is 0 Å². The molecule has 0 bridgehead atoms. The van der Waals surface area contributed by atoms with Gasteiger partial charge in [0.1, 0.15) is 0 Å². The molecule has 0 nitrogen and oxygen atoms in total. The minimum atomic E-state index is 1.10. The van der Waals surface area contributed by atoms with Crippen LogP contribution in [0.2, 0.25) is 0 Å². The monoisotopic (exact) mass is 192 g/mol. The molecule has 0 atom stereocenters. The zero-order valence-corrected chi connectivity index (χ0v) is 10.3. The second-order valence-corrected chi connectivity index (χ2v) is 2.69. The molecule has 0 saturated carbocycles. The average Bonchev–Trinajstić information content (AvgIpc) is 2.23. The smallest absolute Gasteiger partial charge is 0.0233 e. The largest absolute Gasteiger partial charge is 0.0912 e. The Morgan fingerprint density at radius 2 is 1.57 bits per heavy atom. The summed E-state index contributed by atoms with van der Waals surface area (Å²) in [6.45, 7) is 14.1. The Morgan fingerprint density at radius 3 is 1.86 bits per heavy atom. The maximum absolute atomic E-state index is 3.86. The van der Waals surface area contributed by atoms with Crippen LogP contribution in [-0.2, 0) is 0 Å². The predicted octanol–water partition coefficient (Wildman–Crippen LogP) is 3.34. The van der Waals surface area contributed by atoms with E-state index in [1.807, 2.05) is 39.0 Å². The topological polar surface area (TPSA) is 0 Å². The Balaban J connectivity index is 0. The van der Waals surface area contributed by atoms with Crippen molar-refractivity contribution in [3.05, 3.63) is 34.7 Å². The molecule has 0 radical (unpaired) electrons. The van der Waals surface area contributed by atoms with Crippen LogP contribution in [-0.4, -0.2) is 0 Å². The van der Waals surface area contributed by atoms with Crippen LogP contribution in [0, 0.1) is 0 Å². The second kappa shape index (κ2) is 12.0. The molecule has 0 heteroatoms. The molecule has 0 spiro atoms. The highest BCUT2D eigenvalue weighted by Gasteiger charge is 1.74. The van der Waals surface area contributed by atoms with Crippen molar-refractivity contribution in [2.45, 2.75) is 41.0 Å². The molecule has 1 aromatic rings. The van der Waals surface area contributed by atoms with E-state index in [9.17, 15) is 0 Å². The van der Waals surface area contributed by atoms with Gasteiger partial charge in [0, 0.05) is 0 Å². The Labute approximate surface area is 89.0 Å². The first kappa shape index (κ1) is 15.4. The van der Waals surface area contributed by atoms with E-state index >= 15 is 0 Å². The Morgan fingerprint density at radius 1 is 1.14 bits per heavy atom. The fourth-order valence-corrected chi connectivity index (χ4v) is 0.816. The Kier molecular flexibility index (Phi) is 13.2. The van der Waals surface area contributed by atoms with Gasteiger partial charge in [0.25, 0.3) is 0 Å². The summed E-state index contributed by atoms with van der Waals surface area (Å²) >= 11 is 0. The summed E-state index contributed by atoms with van der Waals surface area (Å²) in [7, 11) is 0. The van der Waals surface area contributed by atoms with Crippen LogP contribution in [0.5, 0.6) is 0 Å². The molecule has 0 unspecified atom stereocenters. The molecule has 0 heterocycles. The van der Waals surface area contributed by atoms with Crippen molar-refractivity contribution in [2.24, 2.45) is 0 Å². The molecular formula is C14H24. The Hall–Kier alpha value is -1.04. The molecule has 0 N–H and O–H groups in total. The van der Waals surface area contributed by atoms with E-state index in [4.69, 9.17) is 0 Å². The van der Waals surface area contributed by atoms with Gasteiger partial charge in [0.15, 0.2) is 0 Å². The Bertz CT molecular complexity index is 296. The minimum Gasteiger partial charge on any atom is -0.0912 e. The summed E-state index contributed by atoms with van der Waals surface area (Å²) in [6.07, 6.45) is 3.31. The number of benzene rings is 1. The maximum atomic E-state index is 3.86. The third-order valence-corrected chi connectivity index (χ3v) is 1.37. The van der Waals surface area contributed by atoms with E-state index in [0.717, 1.165) is 5.22 Å². The van der Waals surface area contributed by atoms with Gasteiger partial charge in [-0.3, -0.25) is 0 Å². The molecule has 80 valence electrons. The lowest BCUT2D eigenvalue weighted by Crippen LogP contribution is -2.20. The third-order valence-electron chi connectivity index (χ3n) is 1.37. The van der Waals surface area contributed by atoms with Crippen molar-refractivity contribution in [1.82, 2.24) is 0 Å². The van der Waals surface area contributed by atoms with E-state index in [1.165, 1.54) is 11.6 Å². The van der Waals surface area contributed by atoms with Gasteiger partial charge < -0.3 is 0 Å². The molecule has 0 aromatic heterocycles. The van der Waals surface area contributed by atoms with Crippen LogP contribution in [0.25, 0.3) is 12.7 Å². The van der Waals surface area contributed by atoms with Gasteiger partial charge in [0.2, 0.25) is 0 Å². The van der Waals surface area contributed by atoms with E-state index < -0.39 is 0 Å². The average molecular weight is 192 g/mol. The van der Waals surface area contributed by atoms with Gasteiger partial charge in [-0.25, -0.2) is 0 Å². The first-order valence-corrected chi connectivity index (χ1v) is 5.46. The summed E-state index contributed by atoms with van der Waals surface area (Å²) in [6, 6.07) is 8.08. The molecular weight excluding hydrogens is 168 g/mol. The van der Waals surface area contributed by atoms with Crippen LogP contribution in [0.4, 0.5) is 0 Å². The summed E-state index contributed by atoms with van der Waals surface area (Å²) < 4.78 is 0. The van der Waals surface area contributed by atoms with Crippen molar-refractivity contribution in [3.8, 4) is 0 Å². The fourth-order valence-electron chi connectivity index (χ4n) is 0.816. The van der Waals surface area contributed by atoms with E-state index in [1.54, 1.807) is 0 Å². The highest BCUT2D eigenvalue weighted by Crippen LogP contribution is 1.68. The minimum absolute atomic E-state index is 1.10. The molecule has 0 aliphatic rings. The van der Waals surface area contributed by atoms with E-state index in [0.29, 0.717) is 0 Å². The van der Waals surface area contributed by atoms with Crippen molar-refractivity contribution < 1.29 is 0 Å². The molecule has 0 fully saturated rings. The second-order valence-electron chi connectivity index (χ2n) is 2.69. The normalized spacial score (nSPS) is 9.36. The molecule has 1 aromatic carbocycles. The van der Waals surface area contributed by atoms with Gasteiger partial charge >= 0.3 is 0 Å². The summed E-state index contributed by atoms with van der Waals surface area (Å²) in [5.41, 5.74) is 0. The summed E-state index contributed by atoms with van der Waals surface area (Å²) in [5, 5.41) is 2.32. The van der Waals surface area contributed by atoms with Crippen LogP contribution in [0.1, 0.15) is 41.0 Å². The summed E-state index contributed by atoms with van der Waals surface area (Å²) in [5.74, 6) is 0. The predicted molar refractivity (Wildman–Crippen MR) is 68.7 cm³/mol. The quantitative estimate of drug-likeness (QED) is 0.591. The van der Waals surface area contributed by atoms with Gasteiger partial charge in [-0.15, -0.1) is 0 Å². The van der Waals surface area contributed by atoms with E-state index in [-0.39, 0.29) is 0 Å². The number of rotatable bonds is 0. The van der Waals surface area contributed by atoms with Crippen LogP contribution < -0.4 is 10.4 Å². The van der Waals surface area contributed by atoms with Crippen LogP contribution in [0.15, 0.2) is 24.3 Å². The lowest BCUT2D eigenvalue weighted by Gasteiger charge is -1.82. The molecule has 0 aliphatic carbocycles. The van der Waals surface area contributed by atoms with Gasteiger partial charge in [-0.1, -0.05) is 71.0 Å². The third kappa shape index (κ3) is 7.60. The fraction of sp³-hybridized carbons (Fsp3) is 0.429. The van der Waals surface area contributed by atoms with Crippen molar-refractivity contribution >= 4 is 12.7 Å². The lowest BCUT2D eigenvalue weighted by molar-refractivity contribution is 1.09. The molecule has 0 saturated heterocycles. The molecule has 0 aliphatic heterocycles. The SMILES string of the molecule is C=c1cccc/c1=C/C.CC.CCC. The van der Waals surface area contributed by atoms with Gasteiger partial charge in [-0.2, -0.15) is 0 Å². The standard InChI is InChI=1S/C9H10.C3H8.C2H6/c1-3-9-7-5-4-6-8(9)2;1-3-2;1-2/h3-7H,2H2,1H3;3H2,1-2H3;1-2H3/b9-3-;;. The van der Waals surface area contributed by atoms with Crippen LogP contribution in [0.3, 0.4) is 0 Å². The van der Waals surface area contributed by atoms with Gasteiger partial charge in [-0.05, 0) is 17.4 Å². The first-order chi connectivity index (χ1) is 6.76. The van der Waals surface area contributed by atoms with Crippen molar-refractivity contribution in [2.75, 3.05) is 0 Å². The zero-order chi connectivity index (χ0) is 11.4. The molecule has 0 amide bonds. The first-order valence-electron chi connectivity index (χ1n) is 5.46. The zero-order valence-electron chi connectivity index (χ0n) is 10.3. The molecule has 14 heavy (non-hydrogen) atoms. The highest BCUT2D eigenvalue weighted by molar-refractivity contribution is 5.23. The number of hydrogen-bond acceptors (Lipinski definition) is 0. The van der Waals surface area contributed by atoms with Gasteiger partial charge in [0.05, 0.1) is 0 Å². The lowest BCUT2D eigenvalue weighted by atomic mass is 10.2. The summed E-state index contributed by atoms with van der Waals surface area (Å²) in [4.78, 5) is 0. The highest BCUT2D eigenvalue weighted by atomic mass is 13.8. The van der Waals surface area contributed by atoms with Crippen molar-refractivity contribution in [1.29, 1.82) is 0 Å². The number of hydrogen-bond donors (Lipinski definition) is 0. The molecule has 1 rings (SSSR count). The maximum Gasteiger partial charge on any atom is -0.0233 e. The van der Waals surface area contributed by atoms with Crippen LogP contribution >= 0.6 is 0 Å². The van der Waals surface area contributed by atoms with E-state index in [2.05, 4.69) is 32.6 Å².